The predicted octanol–water partition coefficient (Wildman–Crippen LogP) is 7.37. The third-order valence-electron chi connectivity index (χ3n) is 5.94. The van der Waals surface area contributed by atoms with Gasteiger partial charge in [-0.1, -0.05) is 24.3 Å². The minimum absolute atomic E-state index is 0.270. The number of halogens is 2. The summed E-state index contributed by atoms with van der Waals surface area (Å²) in [5.74, 6) is -0.540. The van der Waals surface area contributed by atoms with Gasteiger partial charge in [0.15, 0.2) is 0 Å². The Hall–Kier alpha value is -4.84. The van der Waals surface area contributed by atoms with Crippen LogP contribution < -0.4 is 0 Å². The second-order valence-corrected chi connectivity index (χ2v) is 8.30. The molecule has 2 aromatic carbocycles. The number of benzene rings is 2. The lowest BCUT2D eigenvalue weighted by Crippen LogP contribution is -1.93. The molecule has 0 aliphatic heterocycles. The number of aromatic nitrogens is 4. The zero-order valence-electron chi connectivity index (χ0n) is 18.9. The maximum Gasteiger partial charge on any atom is 0.123 e. The molecule has 0 bridgehead atoms. The minimum atomic E-state index is -0.270. The van der Waals surface area contributed by atoms with Crippen molar-refractivity contribution in [1.82, 2.24) is 19.9 Å². The van der Waals surface area contributed by atoms with Crippen LogP contribution in [-0.4, -0.2) is 19.9 Å². The van der Waals surface area contributed by atoms with Gasteiger partial charge in [0.2, 0.25) is 0 Å². The fourth-order valence-electron chi connectivity index (χ4n) is 4.08. The summed E-state index contributed by atoms with van der Waals surface area (Å²) in [4.78, 5) is 18.5. The number of rotatable bonds is 4. The smallest absolute Gasteiger partial charge is 0.123 e. The number of pyridine rings is 4. The first kappa shape index (κ1) is 21.7. The van der Waals surface area contributed by atoms with E-state index in [0.717, 1.165) is 56.1 Å². The third kappa shape index (κ3) is 4.32. The lowest BCUT2D eigenvalue weighted by molar-refractivity contribution is 0.627. The summed E-state index contributed by atoms with van der Waals surface area (Å²) in [6, 6.07) is 28.0. The van der Waals surface area contributed by atoms with Gasteiger partial charge >= 0.3 is 0 Å². The van der Waals surface area contributed by atoms with E-state index >= 15 is 0 Å². The molecule has 4 aromatic heterocycles. The third-order valence-corrected chi connectivity index (χ3v) is 5.94. The largest absolute Gasteiger partial charge is 0.255 e. The van der Waals surface area contributed by atoms with Crippen LogP contribution in [0.25, 0.3) is 56.1 Å². The molecule has 0 saturated heterocycles. The summed E-state index contributed by atoms with van der Waals surface area (Å²) in [5.41, 5.74) is 8.03. The van der Waals surface area contributed by atoms with E-state index in [4.69, 9.17) is 9.97 Å². The van der Waals surface area contributed by atoms with Crippen molar-refractivity contribution in [1.29, 1.82) is 0 Å². The average molecular weight is 472 g/mol. The van der Waals surface area contributed by atoms with Crippen molar-refractivity contribution >= 4 is 11.0 Å². The minimum Gasteiger partial charge on any atom is -0.255 e. The molecule has 6 aromatic rings. The first-order valence-corrected chi connectivity index (χ1v) is 11.3. The van der Waals surface area contributed by atoms with E-state index in [0.29, 0.717) is 0 Å². The maximum absolute atomic E-state index is 13.3. The van der Waals surface area contributed by atoms with Crippen LogP contribution in [0.2, 0.25) is 0 Å². The van der Waals surface area contributed by atoms with Crippen LogP contribution in [0.15, 0.2) is 109 Å². The van der Waals surface area contributed by atoms with Crippen molar-refractivity contribution in [2.45, 2.75) is 0 Å². The Labute approximate surface area is 206 Å². The fraction of sp³-hybridized carbons (Fsp3) is 0. The van der Waals surface area contributed by atoms with Crippen molar-refractivity contribution in [2.75, 3.05) is 0 Å². The van der Waals surface area contributed by atoms with Crippen molar-refractivity contribution in [3.8, 4) is 45.0 Å². The van der Waals surface area contributed by atoms with Crippen LogP contribution >= 0.6 is 0 Å². The van der Waals surface area contributed by atoms with Crippen LogP contribution in [-0.2, 0) is 0 Å². The molecule has 172 valence electrons. The zero-order valence-corrected chi connectivity index (χ0v) is 18.9. The molecule has 0 radical (unpaired) electrons. The highest BCUT2D eigenvalue weighted by molar-refractivity contribution is 5.81. The molecule has 36 heavy (non-hydrogen) atoms. The Balaban J connectivity index is 1.32. The molecular weight excluding hydrogens is 454 g/mol. The molecule has 0 saturated carbocycles. The molecular formula is C30H18F2N4. The number of hydrogen-bond donors (Lipinski definition) is 0. The molecule has 0 aliphatic carbocycles. The van der Waals surface area contributed by atoms with Crippen molar-refractivity contribution in [3.05, 3.63) is 121 Å². The summed E-state index contributed by atoms with van der Waals surface area (Å²) in [6.07, 6.45) is 3.45. The summed E-state index contributed by atoms with van der Waals surface area (Å²) in [7, 11) is 0. The highest BCUT2D eigenvalue weighted by Gasteiger charge is 2.09. The average Bonchev–Trinajstić information content (AvgIpc) is 2.93. The lowest BCUT2D eigenvalue weighted by atomic mass is 10.0. The first-order valence-electron chi connectivity index (χ1n) is 11.3. The van der Waals surface area contributed by atoms with Gasteiger partial charge < -0.3 is 0 Å². The standard InChI is InChI=1S/C30H18F2N4/c31-23-5-1-19(2-6-23)21-13-15-33-29(17-21)27-11-9-26-25(35-27)10-12-28(36-26)30-18-22(14-16-34-30)20-3-7-24(32)8-4-20/h1-18H. The van der Waals surface area contributed by atoms with E-state index in [1.807, 2.05) is 48.5 Å². The highest BCUT2D eigenvalue weighted by atomic mass is 19.1. The molecule has 0 fully saturated rings. The molecule has 4 heterocycles. The van der Waals surface area contributed by atoms with Gasteiger partial charge in [0.25, 0.3) is 0 Å². The molecule has 0 atom stereocenters. The molecule has 0 amide bonds. The first-order chi connectivity index (χ1) is 17.6. The van der Waals surface area contributed by atoms with E-state index in [1.165, 1.54) is 24.3 Å². The molecule has 0 unspecified atom stereocenters. The second-order valence-electron chi connectivity index (χ2n) is 8.30. The SMILES string of the molecule is Fc1ccc(-c2ccnc(-c3ccc4nc(-c5cc(-c6ccc(F)cc6)ccn5)ccc4n3)c2)cc1. The van der Waals surface area contributed by atoms with Gasteiger partial charge in [-0.3, -0.25) is 9.97 Å². The zero-order chi connectivity index (χ0) is 24.5. The summed E-state index contributed by atoms with van der Waals surface area (Å²) in [6.45, 7) is 0. The fourth-order valence-corrected chi connectivity index (χ4v) is 4.08. The van der Waals surface area contributed by atoms with Gasteiger partial charge in [-0.25, -0.2) is 18.7 Å². The maximum atomic E-state index is 13.3. The van der Waals surface area contributed by atoms with Crippen LogP contribution in [0, 0.1) is 11.6 Å². The predicted molar refractivity (Wildman–Crippen MR) is 137 cm³/mol. The Morgan fingerprint density at radius 3 is 1.22 bits per heavy atom. The Morgan fingerprint density at radius 1 is 0.389 bits per heavy atom. The number of hydrogen-bond acceptors (Lipinski definition) is 4. The highest BCUT2D eigenvalue weighted by Crippen LogP contribution is 2.27. The van der Waals surface area contributed by atoms with Gasteiger partial charge in [-0.05, 0) is 95.1 Å². The molecule has 0 aliphatic rings. The molecule has 4 nitrogen and oxygen atoms in total. The van der Waals surface area contributed by atoms with Gasteiger partial charge in [0, 0.05) is 12.4 Å². The normalized spacial score (nSPS) is 11.1. The second kappa shape index (κ2) is 9.07. The van der Waals surface area contributed by atoms with Crippen LogP contribution in [0.1, 0.15) is 0 Å². The van der Waals surface area contributed by atoms with Crippen LogP contribution in [0.4, 0.5) is 8.78 Å². The van der Waals surface area contributed by atoms with Crippen molar-refractivity contribution in [3.63, 3.8) is 0 Å². The van der Waals surface area contributed by atoms with Gasteiger partial charge in [-0.2, -0.15) is 0 Å². The Morgan fingerprint density at radius 2 is 0.806 bits per heavy atom. The summed E-state index contributed by atoms with van der Waals surface area (Å²) in [5, 5.41) is 0. The molecule has 6 heteroatoms. The van der Waals surface area contributed by atoms with Crippen LogP contribution in [0.3, 0.4) is 0 Å². The number of fused-ring (bicyclic) bond motifs is 1. The summed E-state index contributed by atoms with van der Waals surface area (Å²) < 4.78 is 26.6. The molecule has 0 spiro atoms. The number of nitrogens with zero attached hydrogens (tertiary/aromatic N) is 4. The van der Waals surface area contributed by atoms with E-state index in [-0.39, 0.29) is 11.6 Å². The Bertz CT molecular complexity index is 1570. The monoisotopic (exact) mass is 472 g/mol. The topological polar surface area (TPSA) is 51.6 Å². The van der Waals surface area contributed by atoms with Gasteiger partial charge in [-0.15, -0.1) is 0 Å². The molecule has 6 rings (SSSR count). The van der Waals surface area contributed by atoms with Crippen molar-refractivity contribution < 1.29 is 8.78 Å². The van der Waals surface area contributed by atoms with E-state index in [2.05, 4.69) is 9.97 Å². The Kier molecular flexibility index (Phi) is 5.46. The lowest BCUT2D eigenvalue weighted by Gasteiger charge is -2.08. The van der Waals surface area contributed by atoms with Crippen molar-refractivity contribution in [2.24, 2.45) is 0 Å². The van der Waals surface area contributed by atoms with Gasteiger partial charge in [0.05, 0.1) is 33.8 Å². The summed E-state index contributed by atoms with van der Waals surface area (Å²) >= 11 is 0. The van der Waals surface area contributed by atoms with E-state index < -0.39 is 0 Å². The van der Waals surface area contributed by atoms with E-state index in [9.17, 15) is 8.78 Å². The van der Waals surface area contributed by atoms with Crippen LogP contribution in [0.5, 0.6) is 0 Å². The quantitative estimate of drug-likeness (QED) is 0.269. The van der Waals surface area contributed by atoms with Gasteiger partial charge in [0.1, 0.15) is 11.6 Å². The van der Waals surface area contributed by atoms with E-state index in [1.54, 1.807) is 36.7 Å². The molecule has 0 N–H and O–H groups in total.